The van der Waals surface area contributed by atoms with Crippen LogP contribution in [0.5, 0.6) is 0 Å². The average Bonchev–Trinajstić information content (AvgIpc) is 2.60. The second-order valence-corrected chi connectivity index (χ2v) is 7.14. The Labute approximate surface area is 156 Å². The zero-order valence-corrected chi connectivity index (χ0v) is 16.1. The number of anilines is 1. The lowest BCUT2D eigenvalue weighted by atomic mass is 10.1. The SMILES string of the molecule is COCc1ccccc1NC(N)=NCc1cccc(COC(C)(C)C)c1. The molecule has 0 saturated heterocycles. The summed E-state index contributed by atoms with van der Waals surface area (Å²) in [6.07, 6.45) is 0. The molecule has 0 atom stereocenters. The summed E-state index contributed by atoms with van der Waals surface area (Å²) in [6, 6.07) is 16.1. The highest BCUT2D eigenvalue weighted by molar-refractivity contribution is 5.92. The molecule has 0 fully saturated rings. The molecule has 2 aromatic carbocycles. The first-order chi connectivity index (χ1) is 12.4. The van der Waals surface area contributed by atoms with E-state index in [-0.39, 0.29) is 5.60 Å². The quantitative estimate of drug-likeness (QED) is 0.580. The number of ether oxygens (including phenoxy) is 2. The minimum Gasteiger partial charge on any atom is -0.380 e. The lowest BCUT2D eigenvalue weighted by Crippen LogP contribution is -2.23. The molecule has 0 unspecified atom stereocenters. The van der Waals surface area contributed by atoms with Gasteiger partial charge in [0.25, 0.3) is 0 Å². The van der Waals surface area contributed by atoms with Crippen LogP contribution in [0.15, 0.2) is 53.5 Å². The molecule has 2 rings (SSSR count). The van der Waals surface area contributed by atoms with E-state index in [2.05, 4.69) is 43.2 Å². The molecule has 0 aromatic heterocycles. The third-order valence-electron chi connectivity index (χ3n) is 3.68. The van der Waals surface area contributed by atoms with Crippen molar-refractivity contribution in [3.8, 4) is 0 Å². The average molecular weight is 355 g/mol. The molecular weight excluding hydrogens is 326 g/mol. The van der Waals surface area contributed by atoms with Gasteiger partial charge < -0.3 is 20.5 Å². The highest BCUT2D eigenvalue weighted by Crippen LogP contribution is 2.16. The van der Waals surface area contributed by atoms with Gasteiger partial charge in [-0.25, -0.2) is 4.99 Å². The summed E-state index contributed by atoms with van der Waals surface area (Å²) in [4.78, 5) is 4.44. The first-order valence-corrected chi connectivity index (χ1v) is 8.73. The second kappa shape index (κ2) is 9.36. The van der Waals surface area contributed by atoms with E-state index >= 15 is 0 Å². The van der Waals surface area contributed by atoms with Crippen molar-refractivity contribution in [2.75, 3.05) is 12.4 Å². The topological polar surface area (TPSA) is 68.9 Å². The number of methoxy groups -OCH3 is 1. The smallest absolute Gasteiger partial charge is 0.193 e. The third-order valence-corrected chi connectivity index (χ3v) is 3.68. The molecule has 0 aliphatic carbocycles. The normalized spacial score (nSPS) is 12.2. The van der Waals surface area contributed by atoms with Crippen molar-refractivity contribution in [1.82, 2.24) is 0 Å². The van der Waals surface area contributed by atoms with Gasteiger partial charge in [0.15, 0.2) is 5.96 Å². The molecule has 5 heteroatoms. The minimum absolute atomic E-state index is 0.155. The zero-order chi connectivity index (χ0) is 19.0. The van der Waals surface area contributed by atoms with Crippen molar-refractivity contribution >= 4 is 11.6 Å². The van der Waals surface area contributed by atoms with E-state index in [9.17, 15) is 0 Å². The first-order valence-electron chi connectivity index (χ1n) is 8.73. The molecule has 0 spiro atoms. The van der Waals surface area contributed by atoms with Gasteiger partial charge in [-0.15, -0.1) is 0 Å². The number of benzene rings is 2. The molecule has 0 amide bonds. The molecule has 26 heavy (non-hydrogen) atoms. The van der Waals surface area contributed by atoms with Gasteiger partial charge in [-0.1, -0.05) is 42.5 Å². The summed E-state index contributed by atoms with van der Waals surface area (Å²) in [5.74, 6) is 0.380. The fourth-order valence-electron chi connectivity index (χ4n) is 2.40. The van der Waals surface area contributed by atoms with Crippen LogP contribution in [0.3, 0.4) is 0 Å². The number of para-hydroxylation sites is 1. The van der Waals surface area contributed by atoms with Gasteiger partial charge >= 0.3 is 0 Å². The van der Waals surface area contributed by atoms with Crippen LogP contribution >= 0.6 is 0 Å². The fraction of sp³-hybridized carbons (Fsp3) is 0.381. The van der Waals surface area contributed by atoms with Crippen LogP contribution in [-0.2, 0) is 29.2 Å². The van der Waals surface area contributed by atoms with Crippen molar-refractivity contribution in [2.45, 2.75) is 46.1 Å². The standard InChI is InChI=1S/C21H29N3O2/c1-21(2,3)26-14-17-9-7-8-16(12-17)13-23-20(22)24-19-11-6-5-10-18(19)15-25-4/h5-12H,13-15H2,1-4H3,(H3,22,23,24). The van der Waals surface area contributed by atoms with E-state index in [1.165, 1.54) is 0 Å². The van der Waals surface area contributed by atoms with Gasteiger partial charge in [-0.05, 0) is 38.0 Å². The van der Waals surface area contributed by atoms with Gasteiger partial charge in [0, 0.05) is 18.4 Å². The molecule has 0 aliphatic rings. The molecule has 0 bridgehead atoms. The van der Waals surface area contributed by atoms with Gasteiger partial charge in [0.2, 0.25) is 0 Å². The molecule has 0 saturated carbocycles. The summed E-state index contributed by atoms with van der Waals surface area (Å²) in [7, 11) is 1.67. The Hall–Kier alpha value is -2.37. The van der Waals surface area contributed by atoms with E-state index in [1.54, 1.807) is 7.11 Å². The van der Waals surface area contributed by atoms with Gasteiger partial charge in [0.1, 0.15) is 0 Å². The minimum atomic E-state index is -0.155. The lowest BCUT2D eigenvalue weighted by molar-refractivity contribution is -0.0149. The maximum atomic E-state index is 6.05. The largest absolute Gasteiger partial charge is 0.380 e. The lowest BCUT2D eigenvalue weighted by Gasteiger charge is -2.19. The zero-order valence-electron chi connectivity index (χ0n) is 16.1. The number of nitrogens with two attached hydrogens (primary N) is 1. The first kappa shape index (κ1) is 19.9. The molecule has 3 N–H and O–H groups in total. The van der Waals surface area contributed by atoms with Crippen LogP contribution in [0.4, 0.5) is 5.69 Å². The summed E-state index contributed by atoms with van der Waals surface area (Å²) >= 11 is 0. The molecule has 140 valence electrons. The number of rotatable bonds is 7. The van der Waals surface area contributed by atoms with Crippen LogP contribution < -0.4 is 11.1 Å². The van der Waals surface area contributed by atoms with Crippen molar-refractivity contribution < 1.29 is 9.47 Å². The predicted molar refractivity (Wildman–Crippen MR) is 107 cm³/mol. The van der Waals surface area contributed by atoms with Crippen LogP contribution in [-0.4, -0.2) is 18.7 Å². The van der Waals surface area contributed by atoms with Crippen LogP contribution in [0.2, 0.25) is 0 Å². The van der Waals surface area contributed by atoms with Crippen LogP contribution in [0.25, 0.3) is 0 Å². The maximum absolute atomic E-state index is 6.05. The number of aliphatic imine (C=N–C) groups is 1. The van der Waals surface area contributed by atoms with Crippen molar-refractivity contribution in [3.05, 3.63) is 65.2 Å². The Morgan fingerprint density at radius 1 is 1.04 bits per heavy atom. The number of nitrogens with zero attached hydrogens (tertiary/aromatic N) is 1. The van der Waals surface area contributed by atoms with Crippen molar-refractivity contribution in [1.29, 1.82) is 0 Å². The summed E-state index contributed by atoms with van der Waals surface area (Å²) < 4.78 is 11.0. The van der Waals surface area contributed by atoms with Crippen molar-refractivity contribution in [2.24, 2.45) is 10.7 Å². The van der Waals surface area contributed by atoms with Crippen LogP contribution in [0, 0.1) is 0 Å². The Kier molecular flexibility index (Phi) is 7.18. The van der Waals surface area contributed by atoms with E-state index in [0.29, 0.717) is 25.7 Å². The fourth-order valence-corrected chi connectivity index (χ4v) is 2.40. The van der Waals surface area contributed by atoms with E-state index in [0.717, 1.165) is 22.4 Å². The van der Waals surface area contributed by atoms with E-state index in [4.69, 9.17) is 15.2 Å². The van der Waals surface area contributed by atoms with Gasteiger partial charge in [-0.3, -0.25) is 0 Å². The summed E-state index contributed by atoms with van der Waals surface area (Å²) in [5, 5.41) is 3.15. The Morgan fingerprint density at radius 3 is 2.50 bits per heavy atom. The van der Waals surface area contributed by atoms with Gasteiger partial charge in [0.05, 0.1) is 25.4 Å². The number of guanidine groups is 1. The highest BCUT2D eigenvalue weighted by Gasteiger charge is 2.10. The molecule has 2 aromatic rings. The van der Waals surface area contributed by atoms with Gasteiger partial charge in [-0.2, -0.15) is 0 Å². The Balaban J connectivity index is 1.98. The Morgan fingerprint density at radius 2 is 1.77 bits per heavy atom. The number of hydrogen-bond acceptors (Lipinski definition) is 3. The number of nitrogens with one attached hydrogen (secondary N) is 1. The molecular formula is C21H29N3O2. The Bertz CT molecular complexity index is 736. The molecule has 0 aliphatic heterocycles. The molecule has 0 radical (unpaired) electrons. The highest BCUT2D eigenvalue weighted by atomic mass is 16.5. The van der Waals surface area contributed by atoms with E-state index < -0.39 is 0 Å². The summed E-state index contributed by atoms with van der Waals surface area (Å²) in [5.41, 5.74) is 10.1. The number of hydrogen-bond donors (Lipinski definition) is 2. The predicted octanol–water partition coefficient (Wildman–Crippen LogP) is 4.07. The maximum Gasteiger partial charge on any atom is 0.193 e. The van der Waals surface area contributed by atoms with Crippen molar-refractivity contribution in [3.63, 3.8) is 0 Å². The van der Waals surface area contributed by atoms with E-state index in [1.807, 2.05) is 36.4 Å². The summed E-state index contributed by atoms with van der Waals surface area (Å²) in [6.45, 7) is 7.76. The molecule has 0 heterocycles. The monoisotopic (exact) mass is 355 g/mol. The molecule has 5 nitrogen and oxygen atoms in total. The third kappa shape index (κ3) is 6.86. The second-order valence-electron chi connectivity index (χ2n) is 7.14. The van der Waals surface area contributed by atoms with Crippen LogP contribution in [0.1, 0.15) is 37.5 Å².